The molecule has 0 radical (unpaired) electrons. The average molecular weight is 311 g/mol. The highest BCUT2D eigenvalue weighted by molar-refractivity contribution is 5.90. The summed E-state index contributed by atoms with van der Waals surface area (Å²) in [6.45, 7) is 5.43. The first-order chi connectivity index (χ1) is 10.2. The van der Waals surface area contributed by atoms with Crippen LogP contribution in [0.15, 0.2) is 18.2 Å². The molecule has 4 nitrogen and oxygen atoms in total. The summed E-state index contributed by atoms with van der Waals surface area (Å²) in [4.78, 5) is 25.5. The Hall–Kier alpha value is -1.98. The van der Waals surface area contributed by atoms with E-state index in [1.54, 1.807) is 20.8 Å². The molecule has 1 aromatic rings. The lowest BCUT2D eigenvalue weighted by Crippen LogP contribution is -2.45. The van der Waals surface area contributed by atoms with Crippen LogP contribution in [0.5, 0.6) is 0 Å². The second-order valence-corrected chi connectivity index (χ2v) is 6.41. The van der Waals surface area contributed by atoms with Gasteiger partial charge in [0, 0.05) is 18.5 Å². The Labute approximate surface area is 128 Å². The predicted octanol–water partition coefficient (Wildman–Crippen LogP) is 3.26. The van der Waals surface area contributed by atoms with Crippen molar-refractivity contribution in [3.05, 3.63) is 35.4 Å². The minimum atomic E-state index is -0.711. The van der Waals surface area contributed by atoms with E-state index < -0.39 is 29.2 Å². The fourth-order valence-electron chi connectivity index (χ4n) is 2.43. The van der Waals surface area contributed by atoms with Gasteiger partial charge in [-0.1, -0.05) is 0 Å². The summed E-state index contributed by atoms with van der Waals surface area (Å²) in [5, 5.41) is 0. The van der Waals surface area contributed by atoms with E-state index >= 15 is 0 Å². The van der Waals surface area contributed by atoms with E-state index in [4.69, 9.17) is 4.74 Å². The molecule has 0 aliphatic carbocycles. The fourth-order valence-corrected chi connectivity index (χ4v) is 2.43. The number of nitrogens with zero attached hydrogens (tertiary/aromatic N) is 1. The molecule has 1 saturated heterocycles. The van der Waals surface area contributed by atoms with Gasteiger partial charge >= 0.3 is 6.09 Å². The number of rotatable bonds is 1. The van der Waals surface area contributed by atoms with Crippen LogP contribution < -0.4 is 0 Å². The minimum Gasteiger partial charge on any atom is -0.444 e. The molecule has 0 saturated carbocycles. The molecular formula is C16H19F2NO3. The van der Waals surface area contributed by atoms with Crippen molar-refractivity contribution in [3.63, 3.8) is 0 Å². The van der Waals surface area contributed by atoms with Crippen molar-refractivity contribution < 1.29 is 23.1 Å². The van der Waals surface area contributed by atoms with Crippen molar-refractivity contribution in [2.75, 3.05) is 13.1 Å². The fraction of sp³-hybridized carbons (Fsp3) is 0.500. The number of hydrogen-bond acceptors (Lipinski definition) is 3. The van der Waals surface area contributed by atoms with Crippen LogP contribution >= 0.6 is 0 Å². The van der Waals surface area contributed by atoms with Crippen LogP contribution in [0.3, 0.4) is 0 Å². The summed E-state index contributed by atoms with van der Waals surface area (Å²) >= 11 is 0. The Balaban J connectivity index is 2.07. The van der Waals surface area contributed by atoms with E-state index in [1.165, 1.54) is 4.90 Å². The molecule has 1 atom stereocenters. The van der Waals surface area contributed by atoms with Crippen LogP contribution in [0.25, 0.3) is 0 Å². The maximum Gasteiger partial charge on any atom is 0.410 e. The second-order valence-electron chi connectivity index (χ2n) is 6.41. The number of carbonyl (C=O) groups excluding carboxylic acids is 2. The summed E-state index contributed by atoms with van der Waals surface area (Å²) in [6, 6.07) is 3.09. The third-order valence-corrected chi connectivity index (χ3v) is 3.36. The number of benzene rings is 1. The summed E-state index contributed by atoms with van der Waals surface area (Å²) in [5.41, 5.74) is -0.325. The maximum absolute atomic E-state index is 13.3. The number of hydrogen-bond donors (Lipinski definition) is 0. The van der Waals surface area contributed by atoms with Gasteiger partial charge in [0.2, 0.25) is 0 Å². The highest BCUT2D eigenvalue weighted by Crippen LogP contribution is 2.27. The first-order valence-electron chi connectivity index (χ1n) is 7.12. The van der Waals surface area contributed by atoms with Crippen LogP contribution in [0.2, 0.25) is 0 Å². The van der Waals surface area contributed by atoms with E-state index in [-0.39, 0.29) is 12.3 Å². The topological polar surface area (TPSA) is 46.6 Å². The molecule has 1 heterocycles. The van der Waals surface area contributed by atoms with Crippen LogP contribution in [0.1, 0.15) is 38.7 Å². The molecule has 6 heteroatoms. The van der Waals surface area contributed by atoms with Crippen molar-refractivity contribution in [2.45, 2.75) is 38.7 Å². The van der Waals surface area contributed by atoms with Crippen molar-refractivity contribution in [1.29, 1.82) is 0 Å². The molecule has 1 aliphatic rings. The molecule has 0 N–H and O–H groups in total. The van der Waals surface area contributed by atoms with Crippen LogP contribution in [-0.4, -0.2) is 35.5 Å². The van der Waals surface area contributed by atoms with E-state index in [9.17, 15) is 18.4 Å². The normalized spacial score (nSPS) is 19.2. The zero-order chi connectivity index (χ0) is 16.5. The Kier molecular flexibility index (Phi) is 4.49. The zero-order valence-electron chi connectivity index (χ0n) is 12.9. The van der Waals surface area contributed by atoms with E-state index in [2.05, 4.69) is 0 Å². The molecule has 0 bridgehead atoms. The molecule has 0 spiro atoms. The Morgan fingerprint density at radius 3 is 2.32 bits per heavy atom. The van der Waals surface area contributed by atoms with Gasteiger partial charge in [-0.25, -0.2) is 13.6 Å². The number of piperidine rings is 1. The number of ketones is 1. The quantitative estimate of drug-likeness (QED) is 0.800. The molecular weight excluding hydrogens is 292 g/mol. The number of carbonyl (C=O) groups is 2. The first-order valence-corrected chi connectivity index (χ1v) is 7.12. The lowest BCUT2D eigenvalue weighted by molar-refractivity contribution is -0.123. The largest absolute Gasteiger partial charge is 0.444 e. The third kappa shape index (κ3) is 4.02. The van der Waals surface area contributed by atoms with Crippen molar-refractivity contribution in [2.24, 2.45) is 0 Å². The molecule has 120 valence electrons. The van der Waals surface area contributed by atoms with Crippen molar-refractivity contribution in [1.82, 2.24) is 4.90 Å². The van der Waals surface area contributed by atoms with Gasteiger partial charge in [-0.15, -0.1) is 0 Å². The highest BCUT2D eigenvalue weighted by Gasteiger charge is 2.33. The Morgan fingerprint density at radius 1 is 1.23 bits per heavy atom. The average Bonchev–Trinajstić information content (AvgIpc) is 2.35. The monoisotopic (exact) mass is 311 g/mol. The smallest absolute Gasteiger partial charge is 0.410 e. The molecule has 0 unspecified atom stereocenters. The Bertz CT molecular complexity index is 575. The Morgan fingerprint density at radius 2 is 1.82 bits per heavy atom. The highest BCUT2D eigenvalue weighted by atomic mass is 19.1. The first kappa shape index (κ1) is 16.4. The zero-order valence-corrected chi connectivity index (χ0v) is 12.9. The van der Waals surface area contributed by atoms with E-state index in [1.807, 2.05) is 0 Å². The number of amides is 1. The van der Waals surface area contributed by atoms with Gasteiger partial charge in [0.25, 0.3) is 0 Å². The second kappa shape index (κ2) is 6.02. The summed E-state index contributed by atoms with van der Waals surface area (Å²) in [5.74, 6) is -2.26. The van der Waals surface area contributed by atoms with Gasteiger partial charge in [0.1, 0.15) is 17.2 Å². The molecule has 1 amide bonds. The molecule has 2 rings (SSSR count). The van der Waals surface area contributed by atoms with Gasteiger partial charge in [-0.3, -0.25) is 4.79 Å². The van der Waals surface area contributed by atoms with Gasteiger partial charge in [-0.2, -0.15) is 0 Å². The predicted molar refractivity (Wildman–Crippen MR) is 76.5 cm³/mol. The number of halogens is 2. The molecule has 1 aliphatic heterocycles. The number of likely N-dealkylation sites (tertiary alicyclic amines) is 1. The lowest BCUT2D eigenvalue weighted by Gasteiger charge is -2.32. The molecule has 22 heavy (non-hydrogen) atoms. The summed E-state index contributed by atoms with van der Waals surface area (Å²) in [7, 11) is 0. The maximum atomic E-state index is 13.3. The van der Waals surface area contributed by atoms with E-state index in [0.29, 0.717) is 18.5 Å². The number of Topliss-reactive ketones (excluding diaryl/α,β-unsaturated/α-hetero) is 1. The number of ether oxygens (including phenoxy) is 1. The van der Waals surface area contributed by atoms with Crippen molar-refractivity contribution in [3.8, 4) is 0 Å². The van der Waals surface area contributed by atoms with E-state index in [0.717, 1.165) is 18.2 Å². The summed E-state index contributed by atoms with van der Waals surface area (Å²) in [6.07, 6.45) is -0.231. The van der Waals surface area contributed by atoms with Crippen LogP contribution in [0, 0.1) is 11.6 Å². The van der Waals surface area contributed by atoms with Gasteiger partial charge in [0.05, 0.1) is 6.54 Å². The molecule has 1 fully saturated rings. The van der Waals surface area contributed by atoms with Crippen molar-refractivity contribution >= 4 is 11.9 Å². The van der Waals surface area contributed by atoms with Crippen LogP contribution in [-0.2, 0) is 9.53 Å². The summed E-state index contributed by atoms with van der Waals surface area (Å²) < 4.78 is 31.7. The van der Waals surface area contributed by atoms with Gasteiger partial charge in [-0.05, 0) is 44.9 Å². The minimum absolute atomic E-state index is 0.113. The lowest BCUT2D eigenvalue weighted by atomic mass is 9.88. The SMILES string of the molecule is CC(C)(C)OC(=O)N1CC[C@H](c2cc(F)cc(F)c2)C(=O)C1. The molecule has 0 aromatic heterocycles. The van der Waals surface area contributed by atoms with Gasteiger partial charge in [0.15, 0.2) is 5.78 Å². The standard InChI is InChI=1S/C16H19F2NO3/c1-16(2,3)22-15(21)19-5-4-13(14(20)9-19)10-6-11(17)8-12(18)7-10/h6-8,13H,4-5,9H2,1-3H3/t13-/m1/s1. The third-order valence-electron chi connectivity index (χ3n) is 3.36. The molecule has 1 aromatic carbocycles. The van der Waals surface area contributed by atoms with Gasteiger partial charge < -0.3 is 9.64 Å². The van der Waals surface area contributed by atoms with Crippen LogP contribution in [0.4, 0.5) is 13.6 Å².